The van der Waals surface area contributed by atoms with Crippen LogP contribution in [0.5, 0.6) is 0 Å². The minimum atomic E-state index is -3.00. The minimum Gasteiger partial charge on any atom is -0.355 e. The number of nitrogens with one attached hydrogen (secondary N) is 1. The molecule has 0 amide bonds. The number of halogens is 1. The Labute approximate surface area is 119 Å². The van der Waals surface area contributed by atoms with E-state index in [0.717, 1.165) is 5.56 Å². The van der Waals surface area contributed by atoms with Crippen molar-refractivity contribution in [1.82, 2.24) is 10.2 Å². The quantitative estimate of drug-likeness (QED) is 0.648. The standard InChI is InChI=1S/C13H20FN3O2S/c1-15-13(16-8-9-20(3,18)19)17(2)10-11-4-6-12(14)7-5-11/h4-7H,8-10H2,1-3H3,(H,15,16). The zero-order valence-electron chi connectivity index (χ0n) is 11.9. The number of sulfone groups is 1. The van der Waals surface area contributed by atoms with Gasteiger partial charge in [-0.25, -0.2) is 12.8 Å². The average molecular weight is 301 g/mol. The molecule has 20 heavy (non-hydrogen) atoms. The number of hydrogen-bond acceptors (Lipinski definition) is 3. The molecule has 0 atom stereocenters. The second kappa shape index (κ2) is 7.23. The van der Waals surface area contributed by atoms with Crippen LogP contribution < -0.4 is 5.32 Å². The Morgan fingerprint density at radius 1 is 1.35 bits per heavy atom. The Morgan fingerprint density at radius 3 is 2.45 bits per heavy atom. The van der Waals surface area contributed by atoms with Crippen molar-refractivity contribution in [2.75, 3.05) is 32.6 Å². The van der Waals surface area contributed by atoms with Crippen LogP contribution in [0.2, 0.25) is 0 Å². The van der Waals surface area contributed by atoms with E-state index in [0.29, 0.717) is 19.0 Å². The molecule has 0 fully saturated rings. The third kappa shape index (κ3) is 6.01. The fourth-order valence-corrected chi connectivity index (χ4v) is 2.14. The van der Waals surface area contributed by atoms with E-state index in [1.165, 1.54) is 18.4 Å². The number of aliphatic imine (C=N–C) groups is 1. The molecule has 0 saturated heterocycles. The van der Waals surface area contributed by atoms with Gasteiger partial charge in [-0.3, -0.25) is 4.99 Å². The molecule has 0 aliphatic heterocycles. The van der Waals surface area contributed by atoms with Gasteiger partial charge in [0, 0.05) is 33.4 Å². The van der Waals surface area contributed by atoms with Crippen molar-refractivity contribution >= 4 is 15.8 Å². The smallest absolute Gasteiger partial charge is 0.193 e. The van der Waals surface area contributed by atoms with Crippen molar-refractivity contribution in [3.05, 3.63) is 35.6 Å². The van der Waals surface area contributed by atoms with Crippen molar-refractivity contribution in [1.29, 1.82) is 0 Å². The maximum Gasteiger partial charge on any atom is 0.193 e. The predicted molar refractivity (Wildman–Crippen MR) is 78.9 cm³/mol. The monoisotopic (exact) mass is 301 g/mol. The van der Waals surface area contributed by atoms with Crippen LogP contribution in [0, 0.1) is 5.82 Å². The van der Waals surface area contributed by atoms with Crippen molar-refractivity contribution < 1.29 is 12.8 Å². The molecule has 0 radical (unpaired) electrons. The second-order valence-corrected chi connectivity index (χ2v) is 6.85. The van der Waals surface area contributed by atoms with E-state index in [4.69, 9.17) is 0 Å². The van der Waals surface area contributed by atoms with Gasteiger partial charge < -0.3 is 10.2 Å². The molecule has 0 spiro atoms. The summed E-state index contributed by atoms with van der Waals surface area (Å²) in [5, 5.41) is 2.98. The largest absolute Gasteiger partial charge is 0.355 e. The number of rotatable bonds is 5. The van der Waals surface area contributed by atoms with Crippen LogP contribution in [0.3, 0.4) is 0 Å². The summed E-state index contributed by atoms with van der Waals surface area (Å²) in [7, 11) is 0.466. The molecule has 0 unspecified atom stereocenters. The van der Waals surface area contributed by atoms with Crippen LogP contribution in [-0.4, -0.2) is 51.9 Å². The molecular formula is C13H20FN3O2S. The third-order valence-corrected chi connectivity index (χ3v) is 3.61. The van der Waals surface area contributed by atoms with Crippen molar-refractivity contribution in [3.63, 3.8) is 0 Å². The molecule has 5 nitrogen and oxygen atoms in total. The maximum absolute atomic E-state index is 12.8. The van der Waals surface area contributed by atoms with Gasteiger partial charge in [0.05, 0.1) is 5.75 Å². The molecule has 0 aliphatic rings. The molecular weight excluding hydrogens is 281 g/mol. The molecule has 1 aromatic carbocycles. The molecule has 0 bridgehead atoms. The van der Waals surface area contributed by atoms with Gasteiger partial charge in [-0.1, -0.05) is 12.1 Å². The highest BCUT2D eigenvalue weighted by atomic mass is 32.2. The predicted octanol–water partition coefficient (Wildman–Crippen LogP) is 0.878. The van der Waals surface area contributed by atoms with Gasteiger partial charge in [-0.05, 0) is 17.7 Å². The Kier molecular flexibility index (Phi) is 5.94. The van der Waals surface area contributed by atoms with E-state index in [2.05, 4.69) is 10.3 Å². The summed E-state index contributed by atoms with van der Waals surface area (Å²) >= 11 is 0. The fraction of sp³-hybridized carbons (Fsp3) is 0.462. The lowest BCUT2D eigenvalue weighted by atomic mass is 10.2. The summed E-state index contributed by atoms with van der Waals surface area (Å²) in [5.74, 6) is 0.376. The first-order valence-electron chi connectivity index (χ1n) is 6.16. The highest BCUT2D eigenvalue weighted by molar-refractivity contribution is 7.90. The van der Waals surface area contributed by atoms with E-state index < -0.39 is 9.84 Å². The summed E-state index contributed by atoms with van der Waals surface area (Å²) in [6.07, 6.45) is 1.19. The molecule has 1 rings (SSSR count). The molecule has 1 aromatic rings. The lowest BCUT2D eigenvalue weighted by Gasteiger charge is -2.22. The third-order valence-electron chi connectivity index (χ3n) is 2.66. The molecule has 0 aliphatic carbocycles. The first-order chi connectivity index (χ1) is 9.31. The molecule has 0 saturated carbocycles. The van der Waals surface area contributed by atoms with Gasteiger partial charge in [0.25, 0.3) is 0 Å². The molecule has 1 N–H and O–H groups in total. The lowest BCUT2D eigenvalue weighted by molar-refractivity contribution is 0.478. The first kappa shape index (κ1) is 16.4. The first-order valence-corrected chi connectivity index (χ1v) is 8.22. The van der Waals surface area contributed by atoms with Crippen LogP contribution in [-0.2, 0) is 16.4 Å². The summed E-state index contributed by atoms with van der Waals surface area (Å²) in [6.45, 7) is 0.859. The van der Waals surface area contributed by atoms with Crippen LogP contribution in [0.4, 0.5) is 4.39 Å². The molecule has 112 valence electrons. The Balaban J connectivity index is 2.55. The van der Waals surface area contributed by atoms with Crippen LogP contribution >= 0.6 is 0 Å². The number of nitrogens with zero attached hydrogens (tertiary/aromatic N) is 2. The second-order valence-electron chi connectivity index (χ2n) is 4.59. The highest BCUT2D eigenvalue weighted by Gasteiger charge is 2.08. The van der Waals surface area contributed by atoms with Crippen LogP contribution in [0.15, 0.2) is 29.3 Å². The number of benzene rings is 1. The molecule has 0 aromatic heterocycles. The van der Waals surface area contributed by atoms with E-state index >= 15 is 0 Å². The zero-order chi connectivity index (χ0) is 15.2. The zero-order valence-corrected chi connectivity index (χ0v) is 12.7. The Bertz CT molecular complexity index is 555. The molecule has 0 heterocycles. The topological polar surface area (TPSA) is 61.8 Å². The van der Waals surface area contributed by atoms with Gasteiger partial charge in [-0.2, -0.15) is 0 Å². The summed E-state index contributed by atoms with van der Waals surface area (Å²) in [5.41, 5.74) is 0.944. The van der Waals surface area contributed by atoms with Gasteiger partial charge in [0.1, 0.15) is 15.7 Å². The van der Waals surface area contributed by atoms with Gasteiger partial charge in [-0.15, -0.1) is 0 Å². The van der Waals surface area contributed by atoms with Gasteiger partial charge in [0.15, 0.2) is 5.96 Å². The number of guanidine groups is 1. The van der Waals surface area contributed by atoms with E-state index in [-0.39, 0.29) is 11.6 Å². The van der Waals surface area contributed by atoms with Crippen molar-refractivity contribution in [2.24, 2.45) is 4.99 Å². The maximum atomic E-state index is 12.8. The van der Waals surface area contributed by atoms with E-state index in [1.807, 2.05) is 11.9 Å². The Morgan fingerprint density at radius 2 is 1.95 bits per heavy atom. The van der Waals surface area contributed by atoms with Gasteiger partial charge >= 0.3 is 0 Å². The van der Waals surface area contributed by atoms with Crippen molar-refractivity contribution in [2.45, 2.75) is 6.54 Å². The summed E-state index contributed by atoms with van der Waals surface area (Å²) in [4.78, 5) is 5.93. The SMILES string of the molecule is CN=C(NCCS(C)(=O)=O)N(C)Cc1ccc(F)cc1. The number of hydrogen-bond donors (Lipinski definition) is 1. The van der Waals surface area contributed by atoms with Crippen LogP contribution in [0.25, 0.3) is 0 Å². The van der Waals surface area contributed by atoms with Crippen LogP contribution in [0.1, 0.15) is 5.56 Å². The summed E-state index contributed by atoms with van der Waals surface area (Å²) in [6, 6.07) is 6.22. The average Bonchev–Trinajstić information content (AvgIpc) is 2.36. The summed E-state index contributed by atoms with van der Waals surface area (Å²) < 4.78 is 35.0. The highest BCUT2D eigenvalue weighted by Crippen LogP contribution is 2.05. The van der Waals surface area contributed by atoms with Crippen molar-refractivity contribution in [3.8, 4) is 0 Å². The lowest BCUT2D eigenvalue weighted by Crippen LogP contribution is -2.40. The molecule has 7 heteroatoms. The van der Waals surface area contributed by atoms with E-state index in [9.17, 15) is 12.8 Å². The Hall–Kier alpha value is -1.63. The van der Waals surface area contributed by atoms with E-state index in [1.54, 1.807) is 19.2 Å². The minimum absolute atomic E-state index is 0.0520. The van der Waals surface area contributed by atoms with Gasteiger partial charge in [0.2, 0.25) is 0 Å². The normalized spacial score (nSPS) is 12.3. The fourth-order valence-electron chi connectivity index (χ4n) is 1.67.